The van der Waals surface area contributed by atoms with Gasteiger partial charge in [-0.25, -0.2) is 0 Å². The molecular formula is H5AlCaF2. The SMILES string of the molecule is F.[CaH2].[F][AlH2]. The Kier molecular flexibility index (Phi) is 98.8. The molecule has 0 fully saturated rings. The third kappa shape index (κ3) is 9.41. The summed E-state index contributed by atoms with van der Waals surface area (Å²) in [6.07, 6.45) is 0. The average Bonchev–Trinajstić information content (AvgIpc) is 1.00. The molecule has 0 spiro atoms. The monoisotopic (exact) mass is 110 g/mol. The van der Waals surface area contributed by atoms with Crippen LogP contribution in [0.1, 0.15) is 0 Å². The predicted molar refractivity (Wildman–Crippen MR) is 20.7 cm³/mol. The van der Waals surface area contributed by atoms with Crippen LogP contribution in [0.5, 0.6) is 0 Å². The third-order valence-electron chi connectivity index (χ3n) is 0. The van der Waals surface area contributed by atoms with Gasteiger partial charge < -0.3 is 3.52 Å². The fourth-order valence-corrected chi connectivity index (χ4v) is 0. The van der Waals surface area contributed by atoms with Gasteiger partial charge in [0.2, 0.25) is 0 Å². The van der Waals surface area contributed by atoms with Gasteiger partial charge in [-0.3, -0.25) is 4.70 Å². The Morgan fingerprint density at radius 3 is 1.25 bits per heavy atom. The molecule has 0 aromatic rings. The first-order valence-electron chi connectivity index (χ1n) is 0.378. The fourth-order valence-electron chi connectivity index (χ4n) is 0. The molecule has 0 unspecified atom stereocenters. The maximum Gasteiger partial charge on any atom is 0.472 e. The molecule has 0 atom stereocenters. The van der Waals surface area contributed by atoms with Crippen LogP contribution < -0.4 is 0 Å². The van der Waals surface area contributed by atoms with E-state index in [1.165, 1.54) is 0 Å². The molecule has 0 nitrogen and oxygen atoms in total. The predicted octanol–water partition coefficient (Wildman–Crippen LogP) is -1.26. The van der Waals surface area contributed by atoms with Crippen molar-refractivity contribution in [2.75, 3.05) is 0 Å². The minimum absolute atomic E-state index is 0. The van der Waals surface area contributed by atoms with Crippen LogP contribution in [0.3, 0.4) is 0 Å². The number of rotatable bonds is 0. The van der Waals surface area contributed by atoms with Crippen molar-refractivity contribution in [3.8, 4) is 0 Å². The molecule has 0 N–H and O–H groups in total. The van der Waals surface area contributed by atoms with E-state index in [0.29, 0.717) is 0 Å². The van der Waals surface area contributed by atoms with Crippen molar-refractivity contribution in [3.05, 3.63) is 0 Å². The summed E-state index contributed by atoms with van der Waals surface area (Å²) in [5.74, 6) is 0. The van der Waals surface area contributed by atoms with E-state index < -0.39 is 0 Å². The Morgan fingerprint density at radius 2 is 1.25 bits per heavy atom. The van der Waals surface area contributed by atoms with Crippen LogP contribution >= 0.6 is 0 Å². The molecule has 0 aliphatic rings. The topological polar surface area (TPSA) is 0 Å². The molecule has 0 aliphatic heterocycles. The van der Waals surface area contributed by atoms with Crippen LogP contribution in [0.15, 0.2) is 0 Å². The van der Waals surface area contributed by atoms with E-state index in [1.807, 2.05) is 0 Å². The first-order valence-corrected chi connectivity index (χ1v) is 1.13. The Labute approximate surface area is 62.0 Å². The van der Waals surface area contributed by atoms with Gasteiger partial charge in [0.05, 0.1) is 0 Å². The molecule has 0 rings (SSSR count). The maximum atomic E-state index is 9.64. The van der Waals surface area contributed by atoms with Crippen molar-refractivity contribution < 1.29 is 8.23 Å². The molecule has 0 bridgehead atoms. The van der Waals surface area contributed by atoms with Gasteiger partial charge in [0.15, 0.2) is 0 Å². The minimum atomic E-state index is -0.194. The van der Waals surface area contributed by atoms with E-state index in [9.17, 15) is 3.52 Å². The Hall–Kier alpha value is 1.65. The smallest absolute Gasteiger partial charge is 0.430 e. The van der Waals surface area contributed by atoms with Crippen molar-refractivity contribution in [3.63, 3.8) is 0 Å². The molecule has 24 valence electrons. The molecule has 0 aromatic carbocycles. The quantitative estimate of drug-likeness (QED) is 0.341. The van der Waals surface area contributed by atoms with Crippen LogP contribution in [0.4, 0.5) is 8.23 Å². The standard InChI is InChI=1S/Al.Ca.2FH.4H/h;;2*1H;;;;/q+1;;;;;;;/p-1. The van der Waals surface area contributed by atoms with Gasteiger partial charge in [0.25, 0.3) is 0 Å². The second-order valence-corrected chi connectivity index (χ2v) is 0. The van der Waals surface area contributed by atoms with Crippen molar-refractivity contribution in [2.45, 2.75) is 0 Å². The molecule has 0 aromatic heterocycles. The summed E-state index contributed by atoms with van der Waals surface area (Å²) in [5.41, 5.74) is 0. The molecule has 4 heavy (non-hydrogen) atoms. The summed E-state index contributed by atoms with van der Waals surface area (Å²) in [6.45, 7) is 0. The van der Waals surface area contributed by atoms with Gasteiger partial charge in [-0.2, -0.15) is 0 Å². The zero-order valence-corrected chi connectivity index (χ0v) is 3.79. The fraction of sp³-hybridized carbons (Fsp3) is 0. The molecule has 0 aliphatic carbocycles. The van der Waals surface area contributed by atoms with Gasteiger partial charge in [0.1, 0.15) is 0 Å². The van der Waals surface area contributed by atoms with Crippen LogP contribution in [0.2, 0.25) is 0 Å². The van der Waals surface area contributed by atoms with E-state index in [2.05, 4.69) is 0 Å². The van der Waals surface area contributed by atoms with Crippen LogP contribution in [0, 0.1) is 0 Å². The van der Waals surface area contributed by atoms with Crippen LogP contribution in [-0.4, -0.2) is 54.5 Å². The summed E-state index contributed by atoms with van der Waals surface area (Å²) in [4.78, 5) is 0. The van der Waals surface area contributed by atoms with Gasteiger partial charge in [-0.05, 0) is 0 Å². The summed E-state index contributed by atoms with van der Waals surface area (Å²) >= 11 is -0.194. The largest absolute Gasteiger partial charge is 0.472 e. The van der Waals surface area contributed by atoms with Crippen molar-refractivity contribution in [1.82, 2.24) is 0 Å². The zero-order valence-electron chi connectivity index (χ0n) is 1.79. The van der Waals surface area contributed by atoms with E-state index in [-0.39, 0.29) is 59.2 Å². The number of hydrogen-bond donors (Lipinski definition) is 0. The van der Waals surface area contributed by atoms with E-state index in [4.69, 9.17) is 0 Å². The minimum Gasteiger partial charge on any atom is -0.430 e. The van der Waals surface area contributed by atoms with Crippen LogP contribution in [0.25, 0.3) is 0 Å². The van der Waals surface area contributed by atoms with Gasteiger partial charge in [-0.1, -0.05) is 0 Å². The van der Waals surface area contributed by atoms with Crippen molar-refractivity contribution >= 4 is 54.5 Å². The third-order valence-corrected chi connectivity index (χ3v) is 0. The molecule has 0 heterocycles. The number of halogens is 2. The second-order valence-electron chi connectivity index (χ2n) is 0. The Morgan fingerprint density at radius 1 is 1.25 bits per heavy atom. The Balaban J connectivity index is -0.00000000500. The Bertz CT molecular complexity index is 6.00. The summed E-state index contributed by atoms with van der Waals surface area (Å²) in [6, 6.07) is 0. The summed E-state index contributed by atoms with van der Waals surface area (Å²) in [5, 5.41) is 0. The van der Waals surface area contributed by atoms with Crippen LogP contribution in [-0.2, 0) is 0 Å². The van der Waals surface area contributed by atoms with E-state index >= 15 is 0 Å². The second kappa shape index (κ2) is 22.7. The molecular weight excluding hydrogens is 105 g/mol. The summed E-state index contributed by atoms with van der Waals surface area (Å²) < 4.78 is 9.64. The molecule has 0 amide bonds. The van der Waals surface area contributed by atoms with Gasteiger partial charge in [0, 0.05) is 0 Å². The maximum absolute atomic E-state index is 9.64. The number of hydrogen-bond acceptors (Lipinski definition) is 0. The van der Waals surface area contributed by atoms with E-state index in [1.54, 1.807) is 0 Å². The molecule has 0 saturated heterocycles. The van der Waals surface area contributed by atoms with E-state index in [0.717, 1.165) is 0 Å². The molecule has 0 saturated carbocycles. The molecule has 0 radical (unpaired) electrons. The zero-order chi connectivity index (χ0) is 2.00. The molecule has 4 heteroatoms. The normalized spacial score (nSPS) is 1.25. The van der Waals surface area contributed by atoms with Gasteiger partial charge >= 0.3 is 54.5 Å². The van der Waals surface area contributed by atoms with Gasteiger partial charge in [-0.15, -0.1) is 0 Å². The van der Waals surface area contributed by atoms with Crippen molar-refractivity contribution in [2.24, 2.45) is 0 Å². The average molecular weight is 110 g/mol. The summed E-state index contributed by atoms with van der Waals surface area (Å²) in [7, 11) is 0. The first-order chi connectivity index (χ1) is 1.00. The van der Waals surface area contributed by atoms with Crippen molar-refractivity contribution in [1.29, 1.82) is 0 Å². The first kappa shape index (κ1) is 17.4.